The van der Waals surface area contributed by atoms with E-state index in [4.69, 9.17) is 16.9 Å². The van der Waals surface area contributed by atoms with Crippen LogP contribution in [-0.2, 0) is 4.79 Å². The first kappa shape index (κ1) is 18.9. The number of amidine groups is 1. The number of amides is 1. The number of nitrogens with two attached hydrogens (primary N) is 2. The number of hydrogen-bond donors (Lipinski definition) is 3. The summed E-state index contributed by atoms with van der Waals surface area (Å²) in [6, 6.07) is 7.49. The molecule has 0 bridgehead atoms. The molecule has 0 spiro atoms. The largest absolute Gasteiger partial charge is 0.385 e. The average Bonchev–Trinajstić information content (AvgIpc) is 3.18. The summed E-state index contributed by atoms with van der Waals surface area (Å²) in [4.78, 5) is 20.4. The zero-order valence-electron chi connectivity index (χ0n) is 15.6. The number of guanidine groups is 1. The van der Waals surface area contributed by atoms with Crippen LogP contribution >= 0.6 is 0 Å². The summed E-state index contributed by atoms with van der Waals surface area (Å²) in [6.07, 6.45) is 8.68. The highest BCUT2D eigenvalue weighted by Gasteiger charge is 2.28. The number of piperidine rings is 1. The topological polar surface area (TPSA) is 112 Å². The lowest BCUT2D eigenvalue weighted by atomic mass is 10.1. The van der Waals surface area contributed by atoms with Crippen LogP contribution in [0.25, 0.3) is 6.08 Å². The van der Waals surface area contributed by atoms with Gasteiger partial charge in [0.2, 0.25) is 5.91 Å². The maximum Gasteiger partial charge on any atom is 0.246 e. The van der Waals surface area contributed by atoms with Crippen LogP contribution in [-0.4, -0.2) is 53.2 Å². The highest BCUT2D eigenvalue weighted by Crippen LogP contribution is 2.20. The molecule has 1 atom stereocenters. The molecule has 27 heavy (non-hydrogen) atoms. The van der Waals surface area contributed by atoms with Gasteiger partial charge >= 0.3 is 0 Å². The summed E-state index contributed by atoms with van der Waals surface area (Å²) >= 11 is 0. The van der Waals surface area contributed by atoms with E-state index in [1.54, 1.807) is 11.0 Å². The van der Waals surface area contributed by atoms with Gasteiger partial charge in [-0.05, 0) is 55.9 Å². The number of hydrogen-bond acceptors (Lipinski definition) is 3. The third kappa shape index (κ3) is 4.87. The molecule has 2 aliphatic heterocycles. The molecule has 2 fully saturated rings. The van der Waals surface area contributed by atoms with Crippen molar-refractivity contribution in [2.75, 3.05) is 19.6 Å². The van der Waals surface area contributed by atoms with E-state index >= 15 is 0 Å². The van der Waals surface area contributed by atoms with E-state index in [1.807, 2.05) is 35.2 Å². The highest BCUT2D eigenvalue weighted by molar-refractivity contribution is 5.93. The Morgan fingerprint density at radius 1 is 1.07 bits per heavy atom. The summed E-state index contributed by atoms with van der Waals surface area (Å²) in [5.74, 6) is 0.590. The molecule has 1 amide bonds. The fourth-order valence-corrected chi connectivity index (χ4v) is 3.63. The Morgan fingerprint density at radius 3 is 2.44 bits per heavy atom. The van der Waals surface area contributed by atoms with Crippen molar-refractivity contribution in [3.63, 3.8) is 0 Å². The third-order valence-corrected chi connectivity index (χ3v) is 5.14. The molecule has 1 aromatic rings. The molecule has 2 aliphatic rings. The molecule has 5 N–H and O–H groups in total. The number of nitrogens with one attached hydrogen (secondary N) is 1. The van der Waals surface area contributed by atoms with Gasteiger partial charge < -0.3 is 21.3 Å². The third-order valence-electron chi connectivity index (χ3n) is 5.14. The van der Waals surface area contributed by atoms with Crippen molar-refractivity contribution in [3.05, 3.63) is 35.9 Å². The molecule has 2 saturated heterocycles. The summed E-state index contributed by atoms with van der Waals surface area (Å²) in [7, 11) is 0. The van der Waals surface area contributed by atoms with Gasteiger partial charge in [0, 0.05) is 25.7 Å². The quantitative estimate of drug-likeness (QED) is 0.429. The Morgan fingerprint density at radius 2 is 1.78 bits per heavy atom. The van der Waals surface area contributed by atoms with E-state index in [9.17, 15) is 4.79 Å². The molecule has 7 nitrogen and oxygen atoms in total. The van der Waals surface area contributed by atoms with Crippen molar-refractivity contribution in [2.45, 2.75) is 38.1 Å². The van der Waals surface area contributed by atoms with E-state index < -0.39 is 0 Å². The van der Waals surface area contributed by atoms with E-state index in [0.29, 0.717) is 5.84 Å². The van der Waals surface area contributed by atoms with Gasteiger partial charge in [0.1, 0.15) is 5.84 Å². The second-order valence-electron chi connectivity index (χ2n) is 7.08. The normalized spacial score (nSPS) is 21.0. The van der Waals surface area contributed by atoms with Gasteiger partial charge in [0.25, 0.3) is 0 Å². The van der Waals surface area contributed by atoms with Gasteiger partial charge in [0.05, 0.1) is 11.7 Å². The van der Waals surface area contributed by atoms with E-state index in [-0.39, 0.29) is 17.9 Å². The maximum absolute atomic E-state index is 12.2. The monoisotopic (exact) mass is 368 g/mol. The number of carbonyl (C=O) groups excluding carboxylic acids is 1. The minimum atomic E-state index is -0.107. The van der Waals surface area contributed by atoms with Crippen LogP contribution in [0.15, 0.2) is 35.3 Å². The van der Waals surface area contributed by atoms with Crippen LogP contribution in [0, 0.1) is 5.41 Å². The maximum atomic E-state index is 12.2. The number of likely N-dealkylation sites (tertiary alicyclic amines) is 2. The van der Waals surface area contributed by atoms with Gasteiger partial charge in [-0.25, -0.2) is 4.99 Å². The molecular formula is C20H28N6O. The lowest BCUT2D eigenvalue weighted by Gasteiger charge is -2.25. The van der Waals surface area contributed by atoms with Gasteiger partial charge in [0.15, 0.2) is 5.96 Å². The first-order chi connectivity index (χ1) is 13.0. The lowest BCUT2D eigenvalue weighted by Crippen LogP contribution is -2.46. The standard InChI is InChI=1S/C20H28N6O/c21-19(17-5-4-14-26(17)20(22)23)24-16-9-6-15(7-10-16)8-11-18(27)25-12-2-1-3-13-25/h6-11,17H,1-5,12-14H2,(H2,21,24)(H3,22,23). The van der Waals surface area contributed by atoms with Gasteiger partial charge in [-0.2, -0.15) is 0 Å². The highest BCUT2D eigenvalue weighted by atomic mass is 16.2. The molecular weight excluding hydrogens is 340 g/mol. The Kier molecular flexibility index (Phi) is 6.11. The molecule has 0 aliphatic carbocycles. The average molecular weight is 368 g/mol. The number of benzene rings is 1. The first-order valence-electron chi connectivity index (χ1n) is 9.56. The minimum Gasteiger partial charge on any atom is -0.385 e. The Hall–Kier alpha value is -2.83. The molecule has 144 valence electrons. The Balaban J connectivity index is 1.62. The number of rotatable bonds is 4. The van der Waals surface area contributed by atoms with Crippen LogP contribution in [0.2, 0.25) is 0 Å². The second kappa shape index (κ2) is 8.70. The van der Waals surface area contributed by atoms with Crippen molar-refractivity contribution in [2.24, 2.45) is 16.5 Å². The molecule has 0 radical (unpaired) electrons. The van der Waals surface area contributed by atoms with Crippen molar-refractivity contribution in [3.8, 4) is 0 Å². The minimum absolute atomic E-state index is 0.0366. The summed E-state index contributed by atoms with van der Waals surface area (Å²) in [6.45, 7) is 2.45. The molecule has 1 unspecified atom stereocenters. The van der Waals surface area contributed by atoms with Crippen LogP contribution in [0.4, 0.5) is 5.69 Å². The smallest absolute Gasteiger partial charge is 0.246 e. The summed E-state index contributed by atoms with van der Waals surface area (Å²) < 4.78 is 0. The number of nitrogens with zero attached hydrogens (tertiary/aromatic N) is 3. The zero-order chi connectivity index (χ0) is 19.2. The van der Waals surface area contributed by atoms with Crippen molar-refractivity contribution < 1.29 is 4.79 Å². The van der Waals surface area contributed by atoms with Crippen LogP contribution in [0.1, 0.15) is 37.7 Å². The van der Waals surface area contributed by atoms with Crippen LogP contribution < -0.4 is 11.5 Å². The molecule has 0 aromatic heterocycles. The Bertz CT molecular complexity index is 733. The zero-order valence-corrected chi connectivity index (χ0v) is 15.6. The van der Waals surface area contributed by atoms with E-state index in [2.05, 4.69) is 4.99 Å². The first-order valence-corrected chi connectivity index (χ1v) is 9.56. The fourth-order valence-electron chi connectivity index (χ4n) is 3.63. The summed E-state index contributed by atoms with van der Waals surface area (Å²) in [5.41, 5.74) is 13.5. The van der Waals surface area contributed by atoms with E-state index in [0.717, 1.165) is 56.6 Å². The van der Waals surface area contributed by atoms with Crippen molar-refractivity contribution in [1.82, 2.24) is 9.80 Å². The molecule has 2 heterocycles. The SMILES string of the molecule is N=C(N)N1CCCC1C(N)=Nc1ccc(C=CC(=O)N2CCCCC2)cc1. The molecule has 0 saturated carbocycles. The fraction of sp³-hybridized carbons (Fsp3) is 0.450. The molecule has 3 rings (SSSR count). The predicted molar refractivity (Wildman–Crippen MR) is 109 cm³/mol. The summed E-state index contributed by atoms with van der Waals surface area (Å²) in [5, 5.41) is 7.63. The van der Waals surface area contributed by atoms with Crippen molar-refractivity contribution in [1.29, 1.82) is 5.41 Å². The Labute approximate surface area is 160 Å². The molecule has 7 heteroatoms. The van der Waals surface area contributed by atoms with E-state index in [1.165, 1.54) is 6.42 Å². The van der Waals surface area contributed by atoms with Gasteiger partial charge in [-0.1, -0.05) is 12.1 Å². The molecule has 1 aromatic carbocycles. The van der Waals surface area contributed by atoms with Crippen LogP contribution in [0.5, 0.6) is 0 Å². The predicted octanol–water partition coefficient (Wildman–Crippen LogP) is 2.06. The number of carbonyl (C=O) groups is 1. The van der Waals surface area contributed by atoms with Gasteiger partial charge in [-0.3, -0.25) is 10.2 Å². The number of aliphatic imine (C=N–C) groups is 1. The van der Waals surface area contributed by atoms with Crippen LogP contribution in [0.3, 0.4) is 0 Å². The lowest BCUT2D eigenvalue weighted by molar-refractivity contribution is -0.126. The van der Waals surface area contributed by atoms with Gasteiger partial charge in [-0.15, -0.1) is 0 Å². The second-order valence-corrected chi connectivity index (χ2v) is 7.08. The van der Waals surface area contributed by atoms with Crippen molar-refractivity contribution >= 4 is 29.5 Å².